The Bertz CT molecular complexity index is 561. The van der Waals surface area contributed by atoms with E-state index >= 15 is 0 Å². The summed E-state index contributed by atoms with van der Waals surface area (Å²) in [5, 5.41) is 3.17. The largest absolute Gasteiger partial charge is 0.435 e. The van der Waals surface area contributed by atoms with Gasteiger partial charge in [-0.3, -0.25) is 0 Å². The monoisotopic (exact) mass is 376 g/mol. The van der Waals surface area contributed by atoms with Crippen LogP contribution in [0.1, 0.15) is 0 Å². The number of rotatable bonds is 4. The van der Waals surface area contributed by atoms with Crippen molar-refractivity contribution in [2.45, 2.75) is 6.61 Å². The Morgan fingerprint density at radius 1 is 1.11 bits per heavy atom. The number of nitrogens with one attached hydrogen (secondary N) is 1. The van der Waals surface area contributed by atoms with Gasteiger partial charge in [0.2, 0.25) is 0 Å². The molecule has 0 radical (unpaired) electrons. The van der Waals surface area contributed by atoms with E-state index in [4.69, 9.17) is 5.73 Å². The first kappa shape index (κ1) is 13.9. The van der Waals surface area contributed by atoms with Gasteiger partial charge in [0.25, 0.3) is 0 Å². The molecule has 0 heterocycles. The van der Waals surface area contributed by atoms with Crippen LogP contribution in [0.3, 0.4) is 0 Å². The Balaban J connectivity index is 2.10. The fourth-order valence-corrected chi connectivity index (χ4v) is 2.18. The number of ether oxygens (including phenoxy) is 1. The van der Waals surface area contributed by atoms with Crippen molar-refractivity contribution in [2.24, 2.45) is 0 Å². The van der Waals surface area contributed by atoms with Crippen LogP contribution in [0.2, 0.25) is 0 Å². The van der Waals surface area contributed by atoms with Crippen molar-refractivity contribution in [1.82, 2.24) is 0 Å². The Hall–Kier alpha value is -1.57. The van der Waals surface area contributed by atoms with Crippen LogP contribution >= 0.6 is 22.6 Å². The summed E-state index contributed by atoms with van der Waals surface area (Å²) in [6, 6.07) is 11.8. The van der Waals surface area contributed by atoms with Crippen molar-refractivity contribution in [3.8, 4) is 5.75 Å². The Morgan fingerprint density at radius 3 is 2.37 bits per heavy atom. The summed E-state index contributed by atoms with van der Waals surface area (Å²) in [7, 11) is 0. The molecule has 2 rings (SSSR count). The predicted molar refractivity (Wildman–Crippen MR) is 79.9 cm³/mol. The van der Waals surface area contributed by atoms with E-state index in [9.17, 15) is 8.78 Å². The summed E-state index contributed by atoms with van der Waals surface area (Å²) in [6.45, 7) is -2.81. The van der Waals surface area contributed by atoms with Gasteiger partial charge < -0.3 is 15.8 Å². The average Bonchev–Trinajstić information content (AvgIpc) is 2.34. The summed E-state index contributed by atoms with van der Waals surface area (Å²) in [5.41, 5.74) is 8.04. The number of hydrogen-bond donors (Lipinski definition) is 2. The van der Waals surface area contributed by atoms with E-state index in [-0.39, 0.29) is 5.75 Å². The lowest BCUT2D eigenvalue weighted by Gasteiger charge is -2.10. The maximum absolute atomic E-state index is 12.0. The van der Waals surface area contributed by atoms with Crippen LogP contribution in [0.25, 0.3) is 0 Å². The van der Waals surface area contributed by atoms with Gasteiger partial charge in [-0.15, -0.1) is 0 Å². The Morgan fingerprint density at radius 2 is 1.79 bits per heavy atom. The smallest absolute Gasteiger partial charge is 0.387 e. The summed E-state index contributed by atoms with van der Waals surface area (Å²) in [4.78, 5) is 0. The van der Waals surface area contributed by atoms with Gasteiger partial charge in [-0.25, -0.2) is 0 Å². The minimum Gasteiger partial charge on any atom is -0.435 e. The summed E-state index contributed by atoms with van der Waals surface area (Å²) >= 11 is 2.17. The fraction of sp³-hybridized carbons (Fsp3) is 0.0769. The topological polar surface area (TPSA) is 47.3 Å². The van der Waals surface area contributed by atoms with Gasteiger partial charge in [-0.2, -0.15) is 8.78 Å². The molecule has 0 aliphatic carbocycles. The van der Waals surface area contributed by atoms with Crippen molar-refractivity contribution in [3.63, 3.8) is 0 Å². The molecule has 19 heavy (non-hydrogen) atoms. The van der Waals surface area contributed by atoms with Crippen molar-refractivity contribution < 1.29 is 13.5 Å². The van der Waals surface area contributed by atoms with Crippen LogP contribution in [0.15, 0.2) is 42.5 Å². The molecule has 3 nitrogen and oxygen atoms in total. The maximum Gasteiger partial charge on any atom is 0.387 e. The molecular weight excluding hydrogens is 365 g/mol. The van der Waals surface area contributed by atoms with Crippen molar-refractivity contribution in [1.29, 1.82) is 0 Å². The van der Waals surface area contributed by atoms with Gasteiger partial charge in [0.05, 0.1) is 5.69 Å². The number of alkyl halides is 2. The minimum absolute atomic E-state index is 0.132. The first-order valence-corrected chi connectivity index (χ1v) is 6.49. The molecule has 0 saturated heterocycles. The molecule has 0 fully saturated rings. The zero-order valence-corrected chi connectivity index (χ0v) is 11.9. The fourth-order valence-electron chi connectivity index (χ4n) is 1.51. The van der Waals surface area contributed by atoms with Crippen LogP contribution in [0, 0.1) is 3.57 Å². The summed E-state index contributed by atoms with van der Waals surface area (Å²) in [5.74, 6) is 0.132. The molecule has 0 saturated carbocycles. The van der Waals surface area contributed by atoms with Gasteiger partial charge in [-0.1, -0.05) is 0 Å². The lowest BCUT2D eigenvalue weighted by Crippen LogP contribution is -2.01. The Kier molecular flexibility index (Phi) is 4.41. The second-order valence-electron chi connectivity index (χ2n) is 3.77. The SMILES string of the molecule is Nc1ccc(Nc2ccc(OC(F)F)cc2)c(I)c1. The predicted octanol–water partition coefficient (Wildman–Crippen LogP) is 4.22. The molecule has 0 aliphatic heterocycles. The first-order chi connectivity index (χ1) is 9.04. The highest BCUT2D eigenvalue weighted by Gasteiger charge is 2.04. The molecule has 0 aliphatic rings. The first-order valence-electron chi connectivity index (χ1n) is 5.41. The highest BCUT2D eigenvalue weighted by molar-refractivity contribution is 14.1. The van der Waals surface area contributed by atoms with Crippen molar-refractivity contribution in [2.75, 3.05) is 11.1 Å². The van der Waals surface area contributed by atoms with Crippen LogP contribution in [-0.4, -0.2) is 6.61 Å². The van der Waals surface area contributed by atoms with E-state index in [1.165, 1.54) is 12.1 Å². The highest BCUT2D eigenvalue weighted by Crippen LogP contribution is 2.26. The van der Waals surface area contributed by atoms with E-state index in [2.05, 4.69) is 32.6 Å². The lowest BCUT2D eigenvalue weighted by atomic mass is 10.2. The number of nitrogen functional groups attached to an aromatic ring is 1. The average molecular weight is 376 g/mol. The third-order valence-electron chi connectivity index (χ3n) is 2.35. The zero-order valence-electron chi connectivity index (χ0n) is 9.74. The van der Waals surface area contributed by atoms with Crippen molar-refractivity contribution >= 4 is 39.7 Å². The molecule has 0 atom stereocenters. The third-order valence-corrected chi connectivity index (χ3v) is 3.24. The van der Waals surface area contributed by atoms with Crippen molar-refractivity contribution in [3.05, 3.63) is 46.0 Å². The molecule has 2 aromatic rings. The third kappa shape index (κ3) is 3.95. The van der Waals surface area contributed by atoms with Gasteiger partial charge in [0.15, 0.2) is 0 Å². The maximum atomic E-state index is 12.0. The lowest BCUT2D eigenvalue weighted by molar-refractivity contribution is -0.0498. The quantitative estimate of drug-likeness (QED) is 0.621. The number of benzene rings is 2. The number of hydrogen-bond acceptors (Lipinski definition) is 3. The summed E-state index contributed by atoms with van der Waals surface area (Å²) in [6.07, 6.45) is 0. The second-order valence-corrected chi connectivity index (χ2v) is 4.93. The van der Waals surface area contributed by atoms with Gasteiger partial charge in [0, 0.05) is 14.9 Å². The normalized spacial score (nSPS) is 10.5. The molecule has 0 spiro atoms. The van der Waals surface area contributed by atoms with Crippen LogP contribution < -0.4 is 15.8 Å². The standard InChI is InChI=1S/C13H11F2IN2O/c14-13(15)19-10-4-2-9(3-5-10)18-12-6-1-8(17)7-11(12)16/h1-7,13,18H,17H2. The summed E-state index contributed by atoms with van der Waals surface area (Å²) < 4.78 is 29.3. The van der Waals surface area contributed by atoms with Gasteiger partial charge >= 0.3 is 6.61 Å². The molecular formula is C13H11F2IN2O. The minimum atomic E-state index is -2.81. The molecule has 6 heteroatoms. The molecule has 0 unspecified atom stereocenters. The van der Waals surface area contributed by atoms with E-state index in [1.807, 2.05) is 12.1 Å². The Labute approximate surface area is 122 Å². The molecule has 2 aromatic carbocycles. The highest BCUT2D eigenvalue weighted by atomic mass is 127. The molecule has 3 N–H and O–H groups in total. The zero-order chi connectivity index (χ0) is 13.8. The second kappa shape index (κ2) is 6.05. The molecule has 0 bridgehead atoms. The van der Waals surface area contributed by atoms with Crippen LogP contribution in [-0.2, 0) is 0 Å². The number of halogens is 3. The van der Waals surface area contributed by atoms with Gasteiger partial charge in [0.1, 0.15) is 5.75 Å². The molecule has 0 aromatic heterocycles. The number of anilines is 3. The van der Waals surface area contributed by atoms with Crippen LogP contribution in [0.4, 0.5) is 25.8 Å². The molecule has 100 valence electrons. The van der Waals surface area contributed by atoms with E-state index in [0.29, 0.717) is 5.69 Å². The van der Waals surface area contributed by atoms with E-state index in [1.54, 1.807) is 18.2 Å². The van der Waals surface area contributed by atoms with E-state index in [0.717, 1.165) is 14.9 Å². The number of nitrogens with two attached hydrogens (primary N) is 1. The molecule has 0 amide bonds. The van der Waals surface area contributed by atoms with E-state index < -0.39 is 6.61 Å². The van der Waals surface area contributed by atoms with Crippen LogP contribution in [0.5, 0.6) is 5.75 Å². The van der Waals surface area contributed by atoms with Gasteiger partial charge in [-0.05, 0) is 65.1 Å².